The van der Waals surface area contributed by atoms with Gasteiger partial charge in [0.1, 0.15) is 18.2 Å². The third-order valence-corrected chi connectivity index (χ3v) is 4.35. The summed E-state index contributed by atoms with van der Waals surface area (Å²) in [6.07, 6.45) is 3.52. The lowest BCUT2D eigenvalue weighted by atomic mass is 10.2. The molecule has 0 aliphatic carbocycles. The predicted molar refractivity (Wildman–Crippen MR) is 118 cm³/mol. The standard InChI is InChI=1S/C23H22N6O2/c1-17-25-21(14-22(26-17)29-13-5-12-24-29)27-19-8-10-20(11-9-19)28-23(30)16-31-15-18-6-3-2-4-7-18/h2-14H,15-16H2,1H3,(H,28,30)(H,25,26,27). The Balaban J connectivity index is 1.32. The molecule has 8 heteroatoms. The Morgan fingerprint density at radius 1 is 1.00 bits per heavy atom. The highest BCUT2D eigenvalue weighted by atomic mass is 16.5. The molecule has 2 heterocycles. The summed E-state index contributed by atoms with van der Waals surface area (Å²) in [4.78, 5) is 20.9. The quantitative estimate of drug-likeness (QED) is 0.455. The van der Waals surface area contributed by atoms with Crippen LogP contribution in [-0.2, 0) is 16.1 Å². The van der Waals surface area contributed by atoms with Crippen molar-refractivity contribution in [1.29, 1.82) is 0 Å². The molecule has 31 heavy (non-hydrogen) atoms. The summed E-state index contributed by atoms with van der Waals surface area (Å²) in [6.45, 7) is 2.22. The molecule has 2 N–H and O–H groups in total. The first-order valence-electron chi connectivity index (χ1n) is 9.80. The van der Waals surface area contributed by atoms with Crippen LogP contribution in [0.2, 0.25) is 0 Å². The minimum absolute atomic E-state index is 0.00862. The lowest BCUT2D eigenvalue weighted by Crippen LogP contribution is -2.18. The number of hydrogen-bond acceptors (Lipinski definition) is 6. The van der Waals surface area contributed by atoms with Gasteiger partial charge in [-0.1, -0.05) is 30.3 Å². The summed E-state index contributed by atoms with van der Waals surface area (Å²) in [5.74, 6) is 1.77. The van der Waals surface area contributed by atoms with Gasteiger partial charge in [-0.3, -0.25) is 4.79 Å². The predicted octanol–water partition coefficient (Wildman–Crippen LogP) is 3.87. The van der Waals surface area contributed by atoms with E-state index < -0.39 is 0 Å². The zero-order chi connectivity index (χ0) is 21.5. The molecule has 0 aliphatic rings. The van der Waals surface area contributed by atoms with Crippen molar-refractivity contribution < 1.29 is 9.53 Å². The summed E-state index contributed by atoms with van der Waals surface area (Å²) >= 11 is 0. The van der Waals surface area contributed by atoms with E-state index in [4.69, 9.17) is 4.74 Å². The molecule has 0 atom stereocenters. The maximum atomic E-state index is 12.1. The summed E-state index contributed by atoms with van der Waals surface area (Å²) < 4.78 is 7.14. The highest BCUT2D eigenvalue weighted by molar-refractivity contribution is 5.91. The molecule has 0 fully saturated rings. The van der Waals surface area contributed by atoms with E-state index in [0.717, 1.165) is 11.3 Å². The van der Waals surface area contributed by atoms with Gasteiger partial charge < -0.3 is 15.4 Å². The third kappa shape index (κ3) is 5.74. The summed E-state index contributed by atoms with van der Waals surface area (Å²) in [5.41, 5.74) is 2.55. The monoisotopic (exact) mass is 414 g/mol. The van der Waals surface area contributed by atoms with E-state index in [2.05, 4.69) is 25.7 Å². The Morgan fingerprint density at radius 2 is 1.77 bits per heavy atom. The van der Waals surface area contributed by atoms with Crippen molar-refractivity contribution in [3.63, 3.8) is 0 Å². The number of benzene rings is 2. The van der Waals surface area contributed by atoms with Gasteiger partial charge in [-0.2, -0.15) is 5.10 Å². The number of carbonyl (C=O) groups is 1. The minimum atomic E-state index is -0.202. The normalized spacial score (nSPS) is 10.6. The van der Waals surface area contributed by atoms with Crippen LogP contribution in [0.4, 0.5) is 17.2 Å². The zero-order valence-electron chi connectivity index (χ0n) is 17.0. The van der Waals surface area contributed by atoms with Crippen molar-refractivity contribution in [2.24, 2.45) is 0 Å². The molecular weight excluding hydrogens is 392 g/mol. The molecule has 0 saturated carbocycles. The molecule has 2 aromatic carbocycles. The highest BCUT2D eigenvalue weighted by Gasteiger charge is 2.06. The molecule has 2 aromatic heterocycles. The molecular formula is C23H22N6O2. The lowest BCUT2D eigenvalue weighted by molar-refractivity contribution is -0.121. The topological polar surface area (TPSA) is 94.0 Å². The molecule has 1 amide bonds. The van der Waals surface area contributed by atoms with E-state index in [-0.39, 0.29) is 12.5 Å². The second-order valence-electron chi connectivity index (χ2n) is 6.84. The number of aryl methyl sites for hydroxylation is 1. The van der Waals surface area contributed by atoms with E-state index in [1.54, 1.807) is 10.9 Å². The van der Waals surface area contributed by atoms with Gasteiger partial charge in [-0.25, -0.2) is 14.6 Å². The Hall–Kier alpha value is -4.04. The fourth-order valence-electron chi connectivity index (χ4n) is 2.96. The van der Waals surface area contributed by atoms with Crippen molar-refractivity contribution >= 4 is 23.1 Å². The van der Waals surface area contributed by atoms with Crippen LogP contribution in [-0.4, -0.2) is 32.3 Å². The van der Waals surface area contributed by atoms with Crippen molar-refractivity contribution in [3.8, 4) is 5.82 Å². The second kappa shape index (κ2) is 9.64. The van der Waals surface area contributed by atoms with Gasteiger partial charge in [0, 0.05) is 29.8 Å². The van der Waals surface area contributed by atoms with E-state index in [0.29, 0.717) is 29.8 Å². The molecule has 156 valence electrons. The van der Waals surface area contributed by atoms with Gasteiger partial charge in [0.2, 0.25) is 5.91 Å². The molecule has 0 saturated heterocycles. The SMILES string of the molecule is Cc1nc(Nc2ccc(NC(=O)COCc3ccccc3)cc2)cc(-n2cccn2)n1. The average molecular weight is 414 g/mol. The average Bonchev–Trinajstić information content (AvgIpc) is 3.31. The van der Waals surface area contributed by atoms with Gasteiger partial charge in [0.15, 0.2) is 5.82 Å². The first-order valence-corrected chi connectivity index (χ1v) is 9.80. The maximum Gasteiger partial charge on any atom is 0.250 e. The third-order valence-electron chi connectivity index (χ3n) is 4.35. The van der Waals surface area contributed by atoms with Crippen molar-refractivity contribution in [2.45, 2.75) is 13.5 Å². The molecule has 0 spiro atoms. The number of nitrogens with zero attached hydrogens (tertiary/aromatic N) is 4. The molecule has 4 rings (SSSR count). The molecule has 0 radical (unpaired) electrons. The number of ether oxygens (including phenoxy) is 1. The smallest absolute Gasteiger partial charge is 0.250 e. The summed E-state index contributed by atoms with van der Waals surface area (Å²) in [5, 5.41) is 10.3. The first kappa shape index (κ1) is 20.2. The number of hydrogen-bond donors (Lipinski definition) is 2. The van der Waals surface area contributed by atoms with Crippen LogP contribution in [0.5, 0.6) is 0 Å². The zero-order valence-corrected chi connectivity index (χ0v) is 17.0. The van der Waals surface area contributed by atoms with Gasteiger partial charge in [-0.05, 0) is 42.8 Å². The van der Waals surface area contributed by atoms with Crippen molar-refractivity contribution in [1.82, 2.24) is 19.7 Å². The molecule has 0 aliphatic heterocycles. The van der Waals surface area contributed by atoms with Gasteiger partial charge >= 0.3 is 0 Å². The molecule has 0 bridgehead atoms. The van der Waals surface area contributed by atoms with Crippen LogP contribution < -0.4 is 10.6 Å². The Labute approximate surface area is 179 Å². The van der Waals surface area contributed by atoms with E-state index in [1.165, 1.54) is 0 Å². The molecule has 4 aromatic rings. The van der Waals surface area contributed by atoms with Crippen LogP contribution >= 0.6 is 0 Å². The van der Waals surface area contributed by atoms with Crippen LogP contribution in [0.25, 0.3) is 5.82 Å². The van der Waals surface area contributed by atoms with E-state index in [1.807, 2.05) is 79.9 Å². The van der Waals surface area contributed by atoms with Crippen molar-refractivity contribution in [3.05, 3.63) is 90.5 Å². The number of anilines is 3. The molecule has 0 unspecified atom stereocenters. The number of nitrogens with one attached hydrogen (secondary N) is 2. The Morgan fingerprint density at radius 3 is 2.52 bits per heavy atom. The summed E-state index contributed by atoms with van der Waals surface area (Å²) in [7, 11) is 0. The second-order valence-corrected chi connectivity index (χ2v) is 6.84. The lowest BCUT2D eigenvalue weighted by Gasteiger charge is -2.10. The van der Waals surface area contributed by atoms with Gasteiger partial charge in [0.25, 0.3) is 0 Å². The van der Waals surface area contributed by atoms with Crippen LogP contribution in [0.15, 0.2) is 79.1 Å². The number of rotatable bonds is 8. The fourth-order valence-corrected chi connectivity index (χ4v) is 2.96. The molecule has 8 nitrogen and oxygen atoms in total. The largest absolute Gasteiger partial charge is 0.367 e. The highest BCUT2D eigenvalue weighted by Crippen LogP contribution is 2.19. The van der Waals surface area contributed by atoms with Crippen LogP contribution in [0.3, 0.4) is 0 Å². The van der Waals surface area contributed by atoms with E-state index in [9.17, 15) is 4.79 Å². The summed E-state index contributed by atoms with van der Waals surface area (Å²) in [6, 6.07) is 20.8. The Kier molecular flexibility index (Phi) is 6.29. The number of carbonyl (C=O) groups excluding carboxylic acids is 1. The Bertz CT molecular complexity index is 1130. The van der Waals surface area contributed by atoms with Crippen molar-refractivity contribution in [2.75, 3.05) is 17.2 Å². The number of amides is 1. The first-order chi connectivity index (χ1) is 15.2. The van der Waals surface area contributed by atoms with Crippen LogP contribution in [0.1, 0.15) is 11.4 Å². The fraction of sp³-hybridized carbons (Fsp3) is 0.130. The van der Waals surface area contributed by atoms with Gasteiger partial charge in [0.05, 0.1) is 6.61 Å². The minimum Gasteiger partial charge on any atom is -0.367 e. The number of aromatic nitrogens is 4. The maximum absolute atomic E-state index is 12.1. The van der Waals surface area contributed by atoms with E-state index >= 15 is 0 Å². The van der Waals surface area contributed by atoms with Gasteiger partial charge in [-0.15, -0.1) is 0 Å². The van der Waals surface area contributed by atoms with Crippen LogP contribution in [0, 0.1) is 6.92 Å².